The molecule has 0 spiro atoms. The average Bonchev–Trinajstić information content (AvgIpc) is 2.21. The third-order valence-corrected chi connectivity index (χ3v) is 2.42. The molecule has 0 saturated heterocycles. The normalized spacial score (nSPS) is 12.8. The summed E-state index contributed by atoms with van der Waals surface area (Å²) in [7, 11) is 0. The lowest BCUT2D eigenvalue weighted by atomic mass is 9.96. The van der Waals surface area contributed by atoms with Gasteiger partial charge in [-0.1, -0.05) is 26.7 Å². The monoisotopic (exact) mass is 178 g/mol. The van der Waals surface area contributed by atoms with Gasteiger partial charge in [-0.2, -0.15) is 0 Å². The van der Waals surface area contributed by atoms with E-state index in [0.717, 1.165) is 0 Å². The predicted molar refractivity (Wildman–Crippen MR) is 54.6 cm³/mol. The summed E-state index contributed by atoms with van der Waals surface area (Å²) in [5.41, 5.74) is 1.20. The Balaban J connectivity index is 2.56. The van der Waals surface area contributed by atoms with E-state index in [-0.39, 0.29) is 0 Å². The fourth-order valence-electron chi connectivity index (χ4n) is 1.55. The zero-order chi connectivity index (χ0) is 9.52. The van der Waals surface area contributed by atoms with Crippen LogP contribution >= 0.6 is 0 Å². The molecule has 0 aliphatic heterocycles. The van der Waals surface area contributed by atoms with Crippen LogP contribution in [0.5, 0.6) is 0 Å². The summed E-state index contributed by atoms with van der Waals surface area (Å²) >= 11 is 0. The zero-order valence-corrected chi connectivity index (χ0v) is 8.53. The van der Waals surface area contributed by atoms with Crippen molar-refractivity contribution in [3.8, 4) is 0 Å². The molecule has 2 nitrogen and oxygen atoms in total. The van der Waals surface area contributed by atoms with Gasteiger partial charge >= 0.3 is 0 Å². The van der Waals surface area contributed by atoms with Crippen LogP contribution in [-0.4, -0.2) is 9.97 Å². The van der Waals surface area contributed by atoms with Crippen molar-refractivity contribution in [3.05, 3.63) is 24.3 Å². The van der Waals surface area contributed by atoms with Crippen LogP contribution < -0.4 is 0 Å². The van der Waals surface area contributed by atoms with Crippen LogP contribution in [0.2, 0.25) is 0 Å². The lowest BCUT2D eigenvalue weighted by Gasteiger charge is -2.12. The third-order valence-electron chi connectivity index (χ3n) is 2.42. The molecule has 0 saturated carbocycles. The SMILES string of the molecule is CCCCC(CC)c1ccncn1. The van der Waals surface area contributed by atoms with Gasteiger partial charge in [-0.25, -0.2) is 9.97 Å². The van der Waals surface area contributed by atoms with Gasteiger partial charge in [0.15, 0.2) is 0 Å². The van der Waals surface area contributed by atoms with E-state index in [1.165, 1.54) is 31.4 Å². The van der Waals surface area contributed by atoms with E-state index in [9.17, 15) is 0 Å². The molecule has 1 aromatic rings. The quantitative estimate of drug-likeness (QED) is 0.692. The molecule has 0 radical (unpaired) electrons. The molecule has 0 N–H and O–H groups in total. The van der Waals surface area contributed by atoms with Gasteiger partial charge in [0.1, 0.15) is 6.33 Å². The Morgan fingerprint density at radius 3 is 2.77 bits per heavy atom. The highest BCUT2D eigenvalue weighted by atomic mass is 14.8. The first-order chi connectivity index (χ1) is 6.38. The van der Waals surface area contributed by atoms with Crippen molar-refractivity contribution in [1.82, 2.24) is 9.97 Å². The Bertz CT molecular complexity index is 221. The summed E-state index contributed by atoms with van der Waals surface area (Å²) in [4.78, 5) is 8.22. The van der Waals surface area contributed by atoms with Crippen LogP contribution in [0.3, 0.4) is 0 Å². The summed E-state index contributed by atoms with van der Waals surface area (Å²) < 4.78 is 0. The largest absolute Gasteiger partial charge is 0.245 e. The smallest absolute Gasteiger partial charge is 0.115 e. The van der Waals surface area contributed by atoms with Gasteiger partial charge in [0, 0.05) is 17.8 Å². The topological polar surface area (TPSA) is 25.8 Å². The van der Waals surface area contributed by atoms with Gasteiger partial charge in [0.2, 0.25) is 0 Å². The van der Waals surface area contributed by atoms with Crippen molar-refractivity contribution in [2.45, 2.75) is 45.4 Å². The fraction of sp³-hybridized carbons (Fsp3) is 0.636. The third kappa shape index (κ3) is 3.13. The van der Waals surface area contributed by atoms with Crippen LogP contribution in [0.15, 0.2) is 18.6 Å². The maximum absolute atomic E-state index is 4.29. The molecular weight excluding hydrogens is 160 g/mol. The summed E-state index contributed by atoms with van der Waals surface area (Å²) in [6, 6.07) is 2.03. The molecule has 72 valence electrons. The van der Waals surface area contributed by atoms with Crippen molar-refractivity contribution >= 4 is 0 Å². The number of rotatable bonds is 5. The maximum Gasteiger partial charge on any atom is 0.115 e. The molecule has 1 rings (SSSR count). The van der Waals surface area contributed by atoms with Crippen molar-refractivity contribution < 1.29 is 0 Å². The standard InChI is InChI=1S/C11H18N2/c1-3-5-6-10(4-2)11-7-8-12-9-13-11/h7-10H,3-6H2,1-2H3. The van der Waals surface area contributed by atoms with Crippen LogP contribution in [0.25, 0.3) is 0 Å². The van der Waals surface area contributed by atoms with Crippen LogP contribution in [0.1, 0.15) is 51.1 Å². The highest BCUT2D eigenvalue weighted by molar-refractivity contribution is 5.04. The first-order valence-electron chi connectivity index (χ1n) is 5.14. The first-order valence-corrected chi connectivity index (χ1v) is 5.14. The Kier molecular flexibility index (Phi) is 4.44. The zero-order valence-electron chi connectivity index (χ0n) is 8.53. The Morgan fingerprint density at radius 2 is 2.23 bits per heavy atom. The molecule has 0 aromatic carbocycles. The molecule has 1 aromatic heterocycles. The summed E-state index contributed by atoms with van der Waals surface area (Å²) in [6.45, 7) is 4.45. The van der Waals surface area contributed by atoms with Crippen molar-refractivity contribution in [2.24, 2.45) is 0 Å². The molecule has 0 aliphatic rings. The number of unbranched alkanes of at least 4 members (excludes halogenated alkanes) is 1. The minimum absolute atomic E-state index is 0.628. The van der Waals surface area contributed by atoms with E-state index < -0.39 is 0 Å². The number of hydrogen-bond acceptors (Lipinski definition) is 2. The highest BCUT2D eigenvalue weighted by Gasteiger charge is 2.08. The molecule has 0 aliphatic carbocycles. The highest BCUT2D eigenvalue weighted by Crippen LogP contribution is 2.22. The van der Waals surface area contributed by atoms with Gasteiger partial charge in [-0.05, 0) is 18.9 Å². The lowest BCUT2D eigenvalue weighted by Crippen LogP contribution is -2.00. The molecule has 1 unspecified atom stereocenters. The van der Waals surface area contributed by atoms with Gasteiger partial charge in [-0.15, -0.1) is 0 Å². The second-order valence-corrected chi connectivity index (χ2v) is 3.38. The molecule has 1 atom stereocenters. The Hall–Kier alpha value is -0.920. The van der Waals surface area contributed by atoms with Gasteiger partial charge in [0.05, 0.1) is 0 Å². The van der Waals surface area contributed by atoms with Crippen LogP contribution in [0, 0.1) is 0 Å². The molecule has 0 fully saturated rings. The van der Waals surface area contributed by atoms with E-state index >= 15 is 0 Å². The van der Waals surface area contributed by atoms with E-state index in [0.29, 0.717) is 5.92 Å². The minimum atomic E-state index is 0.628. The molecular formula is C11H18N2. The first kappa shape index (κ1) is 10.2. The van der Waals surface area contributed by atoms with E-state index in [1.807, 2.05) is 12.3 Å². The molecule has 0 bridgehead atoms. The van der Waals surface area contributed by atoms with Crippen LogP contribution in [0.4, 0.5) is 0 Å². The molecule has 2 heteroatoms. The molecule has 0 amide bonds. The van der Waals surface area contributed by atoms with E-state index in [2.05, 4.69) is 23.8 Å². The Labute approximate surface area is 80.4 Å². The summed E-state index contributed by atoms with van der Waals surface area (Å²) in [6.07, 6.45) is 8.46. The van der Waals surface area contributed by atoms with Crippen molar-refractivity contribution in [2.75, 3.05) is 0 Å². The maximum atomic E-state index is 4.29. The van der Waals surface area contributed by atoms with Gasteiger partial charge in [-0.3, -0.25) is 0 Å². The predicted octanol–water partition coefficient (Wildman–Crippen LogP) is 3.16. The second-order valence-electron chi connectivity index (χ2n) is 3.38. The summed E-state index contributed by atoms with van der Waals surface area (Å²) in [5.74, 6) is 0.628. The van der Waals surface area contributed by atoms with Crippen LogP contribution in [-0.2, 0) is 0 Å². The number of nitrogens with zero attached hydrogens (tertiary/aromatic N) is 2. The number of aromatic nitrogens is 2. The van der Waals surface area contributed by atoms with Gasteiger partial charge in [0.25, 0.3) is 0 Å². The second kappa shape index (κ2) is 5.68. The molecule has 13 heavy (non-hydrogen) atoms. The molecule has 1 heterocycles. The average molecular weight is 178 g/mol. The lowest BCUT2D eigenvalue weighted by molar-refractivity contribution is 0.556. The summed E-state index contributed by atoms with van der Waals surface area (Å²) in [5, 5.41) is 0. The minimum Gasteiger partial charge on any atom is -0.245 e. The van der Waals surface area contributed by atoms with E-state index in [1.54, 1.807) is 6.33 Å². The van der Waals surface area contributed by atoms with E-state index in [4.69, 9.17) is 0 Å². The Morgan fingerprint density at radius 1 is 1.38 bits per heavy atom. The number of hydrogen-bond donors (Lipinski definition) is 0. The van der Waals surface area contributed by atoms with Gasteiger partial charge < -0.3 is 0 Å². The van der Waals surface area contributed by atoms with Crippen molar-refractivity contribution in [3.63, 3.8) is 0 Å². The van der Waals surface area contributed by atoms with Crippen molar-refractivity contribution in [1.29, 1.82) is 0 Å². The fourth-order valence-corrected chi connectivity index (χ4v) is 1.55.